The lowest BCUT2D eigenvalue weighted by Crippen LogP contribution is -2.16. The number of anilines is 1. The van der Waals surface area contributed by atoms with Gasteiger partial charge >= 0.3 is 6.36 Å². The molecule has 0 amide bonds. The number of rotatable bonds is 2. The summed E-state index contributed by atoms with van der Waals surface area (Å²) in [7, 11) is 0. The van der Waals surface area contributed by atoms with Crippen molar-refractivity contribution in [2.24, 2.45) is 0 Å². The molecule has 0 aliphatic heterocycles. The van der Waals surface area contributed by atoms with Gasteiger partial charge in [0.1, 0.15) is 5.75 Å². The van der Waals surface area contributed by atoms with E-state index < -0.39 is 6.36 Å². The van der Waals surface area contributed by atoms with E-state index in [9.17, 15) is 13.2 Å². The molecule has 0 aliphatic rings. The molecule has 0 spiro atoms. The van der Waals surface area contributed by atoms with E-state index in [-0.39, 0.29) is 11.7 Å². The van der Waals surface area contributed by atoms with Gasteiger partial charge in [0.2, 0.25) is 5.95 Å². The van der Waals surface area contributed by atoms with E-state index in [4.69, 9.17) is 5.73 Å². The molecule has 0 atom stereocenters. The number of nitrogens with zero attached hydrogens (tertiary/aromatic N) is 2. The number of ether oxygens (including phenoxy) is 1. The Morgan fingerprint density at radius 3 is 2.28 bits per heavy atom. The van der Waals surface area contributed by atoms with Gasteiger partial charge in [-0.2, -0.15) is 0 Å². The van der Waals surface area contributed by atoms with E-state index in [1.807, 2.05) is 0 Å². The summed E-state index contributed by atoms with van der Waals surface area (Å²) in [6, 6.07) is 6.95. The van der Waals surface area contributed by atoms with Crippen LogP contribution in [0.1, 0.15) is 0 Å². The SMILES string of the molecule is Nc1nccc(-c2ccc(OC(F)(F)F)cc2)n1. The average Bonchev–Trinajstić information content (AvgIpc) is 2.28. The molecule has 0 fully saturated rings. The minimum absolute atomic E-state index is 0.100. The molecule has 0 aliphatic carbocycles. The quantitative estimate of drug-likeness (QED) is 0.896. The summed E-state index contributed by atoms with van der Waals surface area (Å²) < 4.78 is 39.6. The Morgan fingerprint density at radius 1 is 1.06 bits per heavy atom. The first-order valence-electron chi connectivity index (χ1n) is 4.89. The molecule has 1 aromatic carbocycles. The third kappa shape index (κ3) is 3.09. The van der Waals surface area contributed by atoms with Crippen LogP contribution in [-0.2, 0) is 0 Å². The first kappa shape index (κ1) is 12.2. The van der Waals surface area contributed by atoms with Crippen molar-refractivity contribution in [1.29, 1.82) is 0 Å². The minimum Gasteiger partial charge on any atom is -0.406 e. The molecule has 2 N–H and O–H groups in total. The molecule has 4 nitrogen and oxygen atoms in total. The van der Waals surface area contributed by atoms with Crippen LogP contribution < -0.4 is 10.5 Å². The predicted octanol–water partition coefficient (Wildman–Crippen LogP) is 2.62. The van der Waals surface area contributed by atoms with Gasteiger partial charge in [0, 0.05) is 11.8 Å². The Balaban J connectivity index is 2.22. The molecule has 7 heteroatoms. The molecule has 0 saturated heterocycles. The van der Waals surface area contributed by atoms with Crippen LogP contribution in [0.2, 0.25) is 0 Å². The van der Waals surface area contributed by atoms with E-state index in [0.29, 0.717) is 11.3 Å². The van der Waals surface area contributed by atoms with Crippen molar-refractivity contribution in [3.63, 3.8) is 0 Å². The van der Waals surface area contributed by atoms with Crippen LogP contribution >= 0.6 is 0 Å². The van der Waals surface area contributed by atoms with Crippen molar-refractivity contribution in [3.8, 4) is 17.0 Å². The van der Waals surface area contributed by atoms with Gasteiger partial charge in [0.25, 0.3) is 0 Å². The lowest BCUT2D eigenvalue weighted by Gasteiger charge is -2.09. The highest BCUT2D eigenvalue weighted by Gasteiger charge is 2.30. The van der Waals surface area contributed by atoms with E-state index in [1.54, 1.807) is 6.07 Å². The maximum Gasteiger partial charge on any atom is 0.573 e. The maximum absolute atomic E-state index is 12.0. The van der Waals surface area contributed by atoms with Gasteiger partial charge in [0.05, 0.1) is 5.69 Å². The van der Waals surface area contributed by atoms with Crippen LogP contribution in [0.15, 0.2) is 36.5 Å². The molecule has 94 valence electrons. The maximum atomic E-state index is 12.0. The molecular weight excluding hydrogens is 247 g/mol. The summed E-state index contributed by atoms with van der Waals surface area (Å²) in [5.41, 5.74) is 6.57. The number of aromatic nitrogens is 2. The van der Waals surface area contributed by atoms with Crippen LogP contribution in [0, 0.1) is 0 Å². The average molecular weight is 255 g/mol. The van der Waals surface area contributed by atoms with Crippen LogP contribution in [0.3, 0.4) is 0 Å². The molecule has 2 aromatic rings. The molecule has 0 radical (unpaired) electrons. The molecular formula is C11H8F3N3O. The number of hydrogen-bond donors (Lipinski definition) is 1. The van der Waals surface area contributed by atoms with Crippen molar-refractivity contribution in [2.75, 3.05) is 5.73 Å². The Hall–Kier alpha value is -2.31. The first-order chi connectivity index (χ1) is 8.44. The lowest BCUT2D eigenvalue weighted by atomic mass is 10.1. The van der Waals surface area contributed by atoms with Crippen molar-refractivity contribution in [3.05, 3.63) is 36.5 Å². The Morgan fingerprint density at radius 2 is 1.72 bits per heavy atom. The van der Waals surface area contributed by atoms with Crippen molar-refractivity contribution < 1.29 is 17.9 Å². The zero-order chi connectivity index (χ0) is 13.2. The zero-order valence-corrected chi connectivity index (χ0v) is 8.98. The number of hydrogen-bond acceptors (Lipinski definition) is 4. The number of halogens is 3. The fourth-order valence-corrected chi connectivity index (χ4v) is 1.36. The number of nitrogen functional groups attached to an aromatic ring is 1. The van der Waals surface area contributed by atoms with Gasteiger partial charge in [-0.1, -0.05) is 0 Å². The van der Waals surface area contributed by atoms with Gasteiger partial charge < -0.3 is 10.5 Å². The summed E-state index contributed by atoms with van der Waals surface area (Å²) in [6.45, 7) is 0. The largest absolute Gasteiger partial charge is 0.573 e. The summed E-state index contributed by atoms with van der Waals surface area (Å²) in [4.78, 5) is 7.68. The first-order valence-corrected chi connectivity index (χ1v) is 4.89. The monoisotopic (exact) mass is 255 g/mol. The van der Waals surface area contributed by atoms with Crippen LogP contribution in [0.4, 0.5) is 19.1 Å². The zero-order valence-electron chi connectivity index (χ0n) is 8.98. The van der Waals surface area contributed by atoms with E-state index in [0.717, 1.165) is 0 Å². The smallest absolute Gasteiger partial charge is 0.406 e. The number of nitrogens with two attached hydrogens (primary N) is 1. The van der Waals surface area contributed by atoms with Gasteiger partial charge in [-0.3, -0.25) is 0 Å². The van der Waals surface area contributed by atoms with Gasteiger partial charge in [-0.15, -0.1) is 13.2 Å². The van der Waals surface area contributed by atoms with Crippen LogP contribution in [0.25, 0.3) is 11.3 Å². The summed E-state index contributed by atoms with van der Waals surface area (Å²) >= 11 is 0. The molecule has 2 rings (SSSR count). The van der Waals surface area contributed by atoms with E-state index in [2.05, 4.69) is 14.7 Å². The highest BCUT2D eigenvalue weighted by atomic mass is 19.4. The second-order valence-electron chi connectivity index (χ2n) is 3.37. The molecule has 18 heavy (non-hydrogen) atoms. The predicted molar refractivity (Wildman–Crippen MR) is 58.6 cm³/mol. The van der Waals surface area contributed by atoms with Gasteiger partial charge in [-0.25, -0.2) is 9.97 Å². The second-order valence-corrected chi connectivity index (χ2v) is 3.37. The number of benzene rings is 1. The third-order valence-electron chi connectivity index (χ3n) is 2.06. The van der Waals surface area contributed by atoms with Crippen molar-refractivity contribution >= 4 is 5.95 Å². The molecule has 0 saturated carbocycles. The fourth-order valence-electron chi connectivity index (χ4n) is 1.36. The summed E-state index contributed by atoms with van der Waals surface area (Å²) in [5.74, 6) is -0.184. The molecule has 1 aromatic heterocycles. The molecule has 0 unspecified atom stereocenters. The highest BCUT2D eigenvalue weighted by Crippen LogP contribution is 2.25. The molecule has 1 heterocycles. The molecule has 0 bridgehead atoms. The van der Waals surface area contributed by atoms with E-state index in [1.165, 1.54) is 30.5 Å². The summed E-state index contributed by atoms with van der Waals surface area (Å²) in [6.07, 6.45) is -3.22. The van der Waals surface area contributed by atoms with Crippen molar-refractivity contribution in [1.82, 2.24) is 9.97 Å². The standard InChI is InChI=1S/C11H8F3N3O/c12-11(13,14)18-8-3-1-7(2-4-8)9-5-6-16-10(15)17-9/h1-6H,(H2,15,16,17). The normalized spacial score (nSPS) is 11.3. The van der Waals surface area contributed by atoms with E-state index >= 15 is 0 Å². The minimum atomic E-state index is -4.69. The Labute approximate surface area is 100 Å². The summed E-state index contributed by atoms with van der Waals surface area (Å²) in [5, 5.41) is 0. The third-order valence-corrected chi connectivity index (χ3v) is 2.06. The Bertz CT molecular complexity index is 540. The van der Waals surface area contributed by atoms with Gasteiger partial charge in [-0.05, 0) is 30.3 Å². The Kier molecular flexibility index (Phi) is 3.05. The number of alkyl halides is 3. The fraction of sp³-hybridized carbons (Fsp3) is 0.0909. The topological polar surface area (TPSA) is 61.0 Å². The van der Waals surface area contributed by atoms with Crippen LogP contribution in [-0.4, -0.2) is 16.3 Å². The lowest BCUT2D eigenvalue weighted by molar-refractivity contribution is -0.274. The van der Waals surface area contributed by atoms with Crippen LogP contribution in [0.5, 0.6) is 5.75 Å². The second kappa shape index (κ2) is 4.52. The van der Waals surface area contributed by atoms with Gasteiger partial charge in [0.15, 0.2) is 0 Å². The highest BCUT2D eigenvalue weighted by molar-refractivity contribution is 5.60. The van der Waals surface area contributed by atoms with Crippen molar-refractivity contribution in [2.45, 2.75) is 6.36 Å².